The van der Waals surface area contributed by atoms with Crippen molar-refractivity contribution in [2.24, 2.45) is 10.2 Å². The summed E-state index contributed by atoms with van der Waals surface area (Å²) >= 11 is 6.28. The number of rotatable bonds is 5. The number of benzene rings is 4. The van der Waals surface area contributed by atoms with E-state index >= 15 is 0 Å². The first-order chi connectivity index (χ1) is 17.7. The van der Waals surface area contributed by atoms with Gasteiger partial charge in [-0.3, -0.25) is 14.9 Å². The Balaban J connectivity index is 1.58. The van der Waals surface area contributed by atoms with E-state index in [0.29, 0.717) is 27.4 Å². The zero-order chi connectivity index (χ0) is 26.3. The lowest BCUT2D eigenvalue weighted by atomic mass is 10.0. The third-order valence-corrected chi connectivity index (χ3v) is 5.99. The van der Waals surface area contributed by atoms with Gasteiger partial charge in [-0.2, -0.15) is 0 Å². The second-order valence-electron chi connectivity index (χ2n) is 8.20. The van der Waals surface area contributed by atoms with Gasteiger partial charge >= 0.3 is 5.69 Å². The number of halogens is 1. The summed E-state index contributed by atoms with van der Waals surface area (Å²) in [6, 6.07) is 15.8. The lowest BCUT2D eigenvalue weighted by molar-refractivity contribution is -0.384. The average molecular weight is 517 g/mol. The van der Waals surface area contributed by atoms with Gasteiger partial charge in [-0.05, 0) is 42.1 Å². The number of carbonyl (C=O) groups excluding carboxylic acids is 1. The molecular formula is C25H17ClN6O5. The van der Waals surface area contributed by atoms with Gasteiger partial charge in [-0.25, -0.2) is 4.79 Å². The van der Waals surface area contributed by atoms with Crippen LogP contribution in [0.4, 0.5) is 22.7 Å². The number of amides is 1. The number of nitro groups is 1. The standard InChI is InChI=1S/C25H17ClN6O5/c1-12-6-7-17(21(8-12)32(36)37)30-31-22-14-5-3-2-4-13(14)9-15(23(22)33)24(34)27-18-11-20-19(10-16(18)26)28-25(35)29-20/h2-11,33H,1H3,(H,27,34)(H2,28,29,35). The van der Waals surface area contributed by atoms with Gasteiger partial charge in [0.15, 0.2) is 11.4 Å². The van der Waals surface area contributed by atoms with E-state index in [1.807, 2.05) is 0 Å². The number of fused-ring (bicyclic) bond motifs is 2. The molecule has 0 radical (unpaired) electrons. The van der Waals surface area contributed by atoms with Gasteiger partial charge in [-0.15, -0.1) is 10.2 Å². The van der Waals surface area contributed by atoms with Crippen molar-refractivity contribution in [1.82, 2.24) is 9.97 Å². The van der Waals surface area contributed by atoms with Crippen molar-refractivity contribution in [2.45, 2.75) is 6.92 Å². The highest BCUT2D eigenvalue weighted by Crippen LogP contribution is 2.41. The molecule has 0 unspecified atom stereocenters. The smallest absolute Gasteiger partial charge is 0.323 e. The average Bonchev–Trinajstić information content (AvgIpc) is 3.22. The Morgan fingerprint density at radius 1 is 1.05 bits per heavy atom. The first-order valence-corrected chi connectivity index (χ1v) is 11.2. The van der Waals surface area contributed by atoms with Gasteiger partial charge in [0.05, 0.1) is 32.2 Å². The Morgan fingerprint density at radius 3 is 2.54 bits per heavy atom. The lowest BCUT2D eigenvalue weighted by Gasteiger charge is -2.12. The van der Waals surface area contributed by atoms with Crippen molar-refractivity contribution in [3.63, 3.8) is 0 Å². The molecule has 5 aromatic rings. The molecule has 0 bridgehead atoms. The summed E-state index contributed by atoms with van der Waals surface area (Å²) < 4.78 is 0. The molecule has 1 amide bonds. The fraction of sp³-hybridized carbons (Fsp3) is 0.0400. The molecular weight excluding hydrogens is 500 g/mol. The third-order valence-electron chi connectivity index (χ3n) is 5.68. The zero-order valence-corrected chi connectivity index (χ0v) is 19.8. The number of azo groups is 1. The van der Waals surface area contributed by atoms with Crippen molar-refractivity contribution >= 4 is 62.1 Å². The molecule has 5 rings (SSSR count). The Kier molecular flexibility index (Phi) is 5.90. The number of phenols is 1. The Labute approximate surface area is 212 Å². The largest absolute Gasteiger partial charge is 0.505 e. The highest BCUT2D eigenvalue weighted by atomic mass is 35.5. The first-order valence-electron chi connectivity index (χ1n) is 10.9. The number of anilines is 1. The molecule has 0 saturated carbocycles. The number of aromatic amines is 2. The summed E-state index contributed by atoms with van der Waals surface area (Å²) in [4.78, 5) is 40.8. The van der Waals surface area contributed by atoms with Crippen LogP contribution in [0.5, 0.6) is 5.75 Å². The first kappa shape index (κ1) is 23.7. The van der Waals surface area contributed by atoms with Crippen LogP contribution in [0.1, 0.15) is 15.9 Å². The fourth-order valence-corrected chi connectivity index (χ4v) is 4.11. The minimum Gasteiger partial charge on any atom is -0.505 e. The van der Waals surface area contributed by atoms with Crippen molar-refractivity contribution in [2.75, 3.05) is 5.32 Å². The lowest BCUT2D eigenvalue weighted by Crippen LogP contribution is -2.12. The summed E-state index contributed by atoms with van der Waals surface area (Å²) in [7, 11) is 0. The number of aryl methyl sites for hydroxylation is 1. The summed E-state index contributed by atoms with van der Waals surface area (Å²) in [5, 5.41) is 34.5. The van der Waals surface area contributed by atoms with Crippen molar-refractivity contribution in [1.29, 1.82) is 0 Å². The number of hydrogen-bond donors (Lipinski definition) is 4. The second kappa shape index (κ2) is 9.21. The number of aromatic nitrogens is 2. The monoisotopic (exact) mass is 516 g/mol. The summed E-state index contributed by atoms with van der Waals surface area (Å²) in [5.74, 6) is -1.16. The zero-order valence-electron chi connectivity index (χ0n) is 19.1. The van der Waals surface area contributed by atoms with Crippen LogP contribution in [0.25, 0.3) is 21.8 Å². The van der Waals surface area contributed by atoms with E-state index < -0.39 is 22.3 Å². The van der Waals surface area contributed by atoms with Crippen LogP contribution in [0.3, 0.4) is 0 Å². The summed E-state index contributed by atoms with van der Waals surface area (Å²) in [6.07, 6.45) is 0. The van der Waals surface area contributed by atoms with Gasteiger partial charge in [0.1, 0.15) is 5.69 Å². The molecule has 184 valence electrons. The predicted octanol–water partition coefficient (Wildman–Crippen LogP) is 6.25. The van der Waals surface area contributed by atoms with Gasteiger partial charge in [0, 0.05) is 11.5 Å². The number of imidazole rings is 1. The molecule has 12 heteroatoms. The van der Waals surface area contributed by atoms with E-state index in [1.165, 1.54) is 30.3 Å². The quantitative estimate of drug-likeness (QED) is 0.123. The van der Waals surface area contributed by atoms with E-state index in [1.54, 1.807) is 37.3 Å². The van der Waals surface area contributed by atoms with E-state index in [0.717, 1.165) is 0 Å². The highest BCUT2D eigenvalue weighted by Gasteiger charge is 2.20. The number of nitrogens with zero attached hydrogens (tertiary/aromatic N) is 3. The molecule has 37 heavy (non-hydrogen) atoms. The minimum atomic E-state index is -0.694. The Hall–Kier alpha value is -5.03. The molecule has 1 aromatic heterocycles. The number of carbonyl (C=O) groups is 1. The van der Waals surface area contributed by atoms with Gasteiger partial charge in [0.25, 0.3) is 11.6 Å². The number of phenolic OH excluding ortho intramolecular Hbond substituents is 1. The molecule has 11 nitrogen and oxygen atoms in total. The van der Waals surface area contributed by atoms with Crippen molar-refractivity contribution in [3.05, 3.63) is 97.4 Å². The molecule has 0 aliphatic heterocycles. The molecule has 1 heterocycles. The van der Waals surface area contributed by atoms with Crippen LogP contribution in [-0.2, 0) is 0 Å². The van der Waals surface area contributed by atoms with Gasteiger partial charge in [-0.1, -0.05) is 41.9 Å². The number of nitro benzene ring substituents is 1. The molecule has 0 aliphatic carbocycles. The minimum absolute atomic E-state index is 0.00508. The van der Waals surface area contributed by atoms with Crippen LogP contribution < -0.4 is 11.0 Å². The predicted molar refractivity (Wildman–Crippen MR) is 140 cm³/mol. The van der Waals surface area contributed by atoms with Crippen LogP contribution in [0, 0.1) is 17.0 Å². The van der Waals surface area contributed by atoms with Crippen LogP contribution >= 0.6 is 11.6 Å². The van der Waals surface area contributed by atoms with Crippen LogP contribution in [-0.4, -0.2) is 25.9 Å². The van der Waals surface area contributed by atoms with Crippen molar-refractivity contribution in [3.8, 4) is 5.75 Å². The van der Waals surface area contributed by atoms with E-state index in [9.17, 15) is 24.8 Å². The van der Waals surface area contributed by atoms with E-state index in [4.69, 9.17) is 11.6 Å². The fourth-order valence-electron chi connectivity index (χ4n) is 3.90. The molecule has 0 saturated heterocycles. The Morgan fingerprint density at radius 2 is 1.78 bits per heavy atom. The number of aromatic hydroxyl groups is 1. The molecule has 0 atom stereocenters. The number of hydrogen-bond acceptors (Lipinski definition) is 7. The molecule has 4 N–H and O–H groups in total. The molecule has 0 aliphatic rings. The number of nitrogens with one attached hydrogen (secondary N) is 3. The summed E-state index contributed by atoms with van der Waals surface area (Å²) in [5.41, 5.74) is 0.961. The van der Waals surface area contributed by atoms with Crippen LogP contribution in [0.2, 0.25) is 5.02 Å². The normalized spacial score (nSPS) is 11.4. The van der Waals surface area contributed by atoms with E-state index in [-0.39, 0.29) is 33.3 Å². The van der Waals surface area contributed by atoms with Gasteiger partial charge < -0.3 is 20.4 Å². The molecule has 0 fully saturated rings. The topological polar surface area (TPSA) is 166 Å². The van der Waals surface area contributed by atoms with Crippen LogP contribution in [0.15, 0.2) is 75.7 Å². The van der Waals surface area contributed by atoms with E-state index in [2.05, 4.69) is 25.5 Å². The maximum absolute atomic E-state index is 13.2. The maximum atomic E-state index is 13.2. The SMILES string of the molecule is Cc1ccc(N=Nc2c(O)c(C(=O)Nc3cc4[nH]c(=O)[nH]c4cc3Cl)cc3ccccc23)c([N+](=O)[O-])c1. The second-order valence-corrected chi connectivity index (χ2v) is 8.61. The van der Waals surface area contributed by atoms with Gasteiger partial charge in [0.2, 0.25) is 0 Å². The number of H-pyrrole nitrogens is 2. The third kappa shape index (κ3) is 4.50. The molecule has 0 spiro atoms. The Bertz CT molecular complexity index is 1820. The highest BCUT2D eigenvalue weighted by molar-refractivity contribution is 6.34. The molecule has 4 aromatic carbocycles. The summed E-state index contributed by atoms with van der Waals surface area (Å²) in [6.45, 7) is 1.72. The van der Waals surface area contributed by atoms with Crippen molar-refractivity contribution < 1.29 is 14.8 Å². The maximum Gasteiger partial charge on any atom is 0.323 e.